The van der Waals surface area contributed by atoms with Gasteiger partial charge >= 0.3 is 0 Å². The highest BCUT2D eigenvalue weighted by Crippen LogP contribution is 2.26. The maximum atomic E-state index is 13.4. The highest BCUT2D eigenvalue weighted by atomic mass is 32.2. The minimum Gasteiger partial charge on any atom is -0.354 e. The third-order valence-electron chi connectivity index (χ3n) is 4.73. The van der Waals surface area contributed by atoms with E-state index >= 15 is 0 Å². The molecule has 4 aromatic rings. The number of sulfonamides is 1. The lowest BCUT2D eigenvalue weighted by Gasteiger charge is -2.07. The zero-order valence-electron chi connectivity index (χ0n) is 15.3. The van der Waals surface area contributed by atoms with Crippen LogP contribution in [0.25, 0.3) is 21.8 Å². The number of halogens is 1. The average molecular weight is 411 g/mol. The Balaban J connectivity index is 1.44. The number of aromatic amines is 1. The molecule has 0 saturated heterocycles. The molecule has 1 heterocycles. The summed E-state index contributed by atoms with van der Waals surface area (Å²) in [5, 5.41) is 9.78. The van der Waals surface area contributed by atoms with Crippen LogP contribution in [0.4, 0.5) is 4.39 Å². The Morgan fingerprint density at radius 3 is 2.24 bits per heavy atom. The van der Waals surface area contributed by atoms with Gasteiger partial charge in [0.2, 0.25) is 15.9 Å². The van der Waals surface area contributed by atoms with Crippen molar-refractivity contribution in [2.24, 2.45) is 5.14 Å². The quantitative estimate of drug-likeness (QED) is 0.470. The van der Waals surface area contributed by atoms with E-state index in [1.54, 1.807) is 18.2 Å². The summed E-state index contributed by atoms with van der Waals surface area (Å²) in [6.45, 7) is 0.275. The second-order valence-electron chi connectivity index (χ2n) is 6.84. The highest BCUT2D eigenvalue weighted by Gasteiger charge is 2.10. The van der Waals surface area contributed by atoms with Crippen molar-refractivity contribution >= 4 is 37.7 Å². The summed E-state index contributed by atoms with van der Waals surface area (Å²) in [6.07, 6.45) is 0.189. The van der Waals surface area contributed by atoms with Gasteiger partial charge in [-0.05, 0) is 47.5 Å². The van der Waals surface area contributed by atoms with Crippen LogP contribution in [-0.2, 0) is 27.8 Å². The van der Waals surface area contributed by atoms with E-state index in [1.807, 2.05) is 18.2 Å². The van der Waals surface area contributed by atoms with Crippen LogP contribution in [0.3, 0.4) is 0 Å². The van der Waals surface area contributed by atoms with Gasteiger partial charge in [0, 0.05) is 28.4 Å². The van der Waals surface area contributed by atoms with Crippen molar-refractivity contribution in [1.82, 2.24) is 10.3 Å². The molecule has 0 spiro atoms. The van der Waals surface area contributed by atoms with E-state index in [9.17, 15) is 17.6 Å². The lowest BCUT2D eigenvalue weighted by atomic mass is 10.1. The van der Waals surface area contributed by atoms with E-state index in [0.29, 0.717) is 5.52 Å². The van der Waals surface area contributed by atoms with E-state index in [1.165, 1.54) is 24.3 Å². The third-order valence-corrected chi connectivity index (χ3v) is 5.66. The summed E-state index contributed by atoms with van der Waals surface area (Å²) in [5.41, 5.74) is 3.14. The molecule has 0 aliphatic carbocycles. The summed E-state index contributed by atoms with van der Waals surface area (Å²) < 4.78 is 35.9. The molecule has 0 atom stereocenters. The molecule has 4 N–H and O–H groups in total. The van der Waals surface area contributed by atoms with Crippen LogP contribution in [0.1, 0.15) is 11.1 Å². The van der Waals surface area contributed by atoms with Crippen molar-refractivity contribution in [1.29, 1.82) is 0 Å². The number of H-pyrrole nitrogens is 1. The number of nitrogens with one attached hydrogen (secondary N) is 2. The lowest BCUT2D eigenvalue weighted by Crippen LogP contribution is -2.24. The van der Waals surface area contributed by atoms with Crippen LogP contribution in [0, 0.1) is 5.82 Å². The van der Waals surface area contributed by atoms with E-state index < -0.39 is 10.0 Å². The highest BCUT2D eigenvalue weighted by molar-refractivity contribution is 7.89. The Kier molecular flexibility index (Phi) is 4.81. The molecule has 148 valence electrons. The molecule has 0 aliphatic heterocycles. The van der Waals surface area contributed by atoms with Crippen molar-refractivity contribution in [3.63, 3.8) is 0 Å². The molecule has 8 heteroatoms. The molecule has 3 aromatic carbocycles. The molecule has 0 unspecified atom stereocenters. The summed E-state index contributed by atoms with van der Waals surface area (Å²) in [7, 11) is -3.73. The summed E-state index contributed by atoms with van der Waals surface area (Å²) >= 11 is 0. The first kappa shape index (κ1) is 19.1. The molecule has 4 rings (SSSR count). The fourth-order valence-electron chi connectivity index (χ4n) is 3.29. The molecule has 1 aromatic heterocycles. The molecular formula is C21H18FN3O3S. The third kappa shape index (κ3) is 4.13. The molecule has 6 nitrogen and oxygen atoms in total. The Morgan fingerprint density at radius 2 is 1.55 bits per heavy atom. The SMILES string of the molecule is NS(=O)(=O)c1ccc(CNC(=O)Cc2ccc3c(c2)[nH]c2cc(F)ccc23)cc1. The number of primary sulfonamides is 1. The summed E-state index contributed by atoms with van der Waals surface area (Å²) in [6, 6.07) is 16.3. The number of carbonyl (C=O) groups excluding carboxylic acids is 1. The van der Waals surface area contributed by atoms with Crippen LogP contribution in [0.2, 0.25) is 0 Å². The van der Waals surface area contributed by atoms with Crippen LogP contribution in [0.15, 0.2) is 65.6 Å². The number of benzene rings is 3. The zero-order chi connectivity index (χ0) is 20.6. The second kappa shape index (κ2) is 7.31. The Labute approximate surface area is 166 Å². The number of fused-ring (bicyclic) bond motifs is 3. The van der Waals surface area contributed by atoms with E-state index in [2.05, 4.69) is 10.3 Å². The lowest BCUT2D eigenvalue weighted by molar-refractivity contribution is -0.120. The summed E-state index contributed by atoms with van der Waals surface area (Å²) in [5.74, 6) is -0.470. The fraction of sp³-hybridized carbons (Fsp3) is 0.0952. The molecule has 29 heavy (non-hydrogen) atoms. The van der Waals surface area contributed by atoms with Crippen LogP contribution in [-0.4, -0.2) is 19.3 Å². The molecule has 0 radical (unpaired) electrons. The number of nitrogens with two attached hydrogens (primary N) is 1. The van der Waals surface area contributed by atoms with Gasteiger partial charge < -0.3 is 10.3 Å². The number of aromatic nitrogens is 1. The Bertz CT molecular complexity index is 1330. The van der Waals surface area contributed by atoms with E-state index in [0.717, 1.165) is 27.4 Å². The average Bonchev–Trinajstić information content (AvgIpc) is 3.02. The predicted molar refractivity (Wildman–Crippen MR) is 109 cm³/mol. The van der Waals surface area contributed by atoms with E-state index in [-0.39, 0.29) is 29.6 Å². The van der Waals surface area contributed by atoms with E-state index in [4.69, 9.17) is 5.14 Å². The molecule has 0 fully saturated rings. The van der Waals surface area contributed by atoms with Crippen LogP contribution in [0.5, 0.6) is 0 Å². The van der Waals surface area contributed by atoms with Gasteiger partial charge in [-0.15, -0.1) is 0 Å². The van der Waals surface area contributed by atoms with Crippen molar-refractivity contribution in [2.45, 2.75) is 17.9 Å². The standard InChI is InChI=1S/C21H18FN3O3S/c22-15-4-8-18-17-7-3-14(9-19(17)25-20(18)11-15)10-21(26)24-12-13-1-5-16(6-2-13)29(23,27)28/h1-9,11,25H,10,12H2,(H,24,26)(H2,23,27,28). The van der Waals surface area contributed by atoms with Crippen molar-refractivity contribution in [3.8, 4) is 0 Å². The van der Waals surface area contributed by atoms with Gasteiger partial charge in [-0.3, -0.25) is 4.79 Å². The smallest absolute Gasteiger partial charge is 0.238 e. The maximum Gasteiger partial charge on any atom is 0.238 e. The van der Waals surface area contributed by atoms with Crippen molar-refractivity contribution in [3.05, 3.63) is 77.6 Å². The number of carbonyl (C=O) groups is 1. The molecule has 0 aliphatic rings. The molecule has 1 amide bonds. The van der Waals surface area contributed by atoms with Gasteiger partial charge in [-0.25, -0.2) is 17.9 Å². The van der Waals surface area contributed by atoms with Gasteiger partial charge in [-0.1, -0.05) is 24.3 Å². The van der Waals surface area contributed by atoms with Crippen molar-refractivity contribution < 1.29 is 17.6 Å². The number of hydrogen-bond acceptors (Lipinski definition) is 3. The van der Waals surface area contributed by atoms with Crippen molar-refractivity contribution in [2.75, 3.05) is 0 Å². The molecule has 0 saturated carbocycles. The van der Waals surface area contributed by atoms with Crippen LogP contribution < -0.4 is 10.5 Å². The number of rotatable bonds is 5. The maximum absolute atomic E-state index is 13.4. The zero-order valence-corrected chi connectivity index (χ0v) is 16.1. The normalized spacial score (nSPS) is 11.8. The van der Waals surface area contributed by atoms with Crippen LogP contribution >= 0.6 is 0 Å². The van der Waals surface area contributed by atoms with Gasteiger partial charge in [0.15, 0.2) is 0 Å². The molecule has 0 bridgehead atoms. The van der Waals surface area contributed by atoms with Gasteiger partial charge in [-0.2, -0.15) is 0 Å². The number of amides is 1. The minimum absolute atomic E-state index is 0.0269. The number of hydrogen-bond donors (Lipinski definition) is 3. The second-order valence-corrected chi connectivity index (χ2v) is 8.40. The van der Waals surface area contributed by atoms with Gasteiger partial charge in [0.05, 0.1) is 11.3 Å². The minimum atomic E-state index is -3.73. The Hall–Kier alpha value is -3.23. The summed E-state index contributed by atoms with van der Waals surface area (Å²) in [4.78, 5) is 15.5. The molecular weight excluding hydrogens is 393 g/mol. The largest absolute Gasteiger partial charge is 0.354 e. The monoisotopic (exact) mass is 411 g/mol. The first-order chi connectivity index (χ1) is 13.8. The topological polar surface area (TPSA) is 105 Å². The predicted octanol–water partition coefficient (Wildman–Crippen LogP) is 2.97. The fourth-order valence-corrected chi connectivity index (χ4v) is 3.80. The van der Waals surface area contributed by atoms with Gasteiger partial charge in [0.1, 0.15) is 5.82 Å². The first-order valence-corrected chi connectivity index (χ1v) is 10.4. The Morgan fingerprint density at radius 1 is 0.931 bits per heavy atom. The van der Waals surface area contributed by atoms with Gasteiger partial charge in [0.25, 0.3) is 0 Å². The first-order valence-electron chi connectivity index (χ1n) is 8.88.